The third-order valence-electron chi connectivity index (χ3n) is 3.79. The Morgan fingerprint density at radius 3 is 2.23 bits per heavy atom. The molecule has 3 aromatic rings. The van der Waals surface area contributed by atoms with Crippen molar-refractivity contribution >= 4 is 32.6 Å². The van der Waals surface area contributed by atoms with E-state index in [9.17, 15) is 13.2 Å². The minimum Gasteiger partial charge on any atom is -0.382 e. The number of sulfone groups is 1. The van der Waals surface area contributed by atoms with Crippen LogP contribution in [0.5, 0.6) is 0 Å². The lowest BCUT2D eigenvalue weighted by Crippen LogP contribution is -2.26. The molecular weight excluding hydrogens is 352 g/mol. The van der Waals surface area contributed by atoms with Gasteiger partial charge in [0.2, 0.25) is 0 Å². The summed E-state index contributed by atoms with van der Waals surface area (Å²) >= 11 is 0. The van der Waals surface area contributed by atoms with Gasteiger partial charge in [-0.05, 0) is 23.3 Å². The highest BCUT2D eigenvalue weighted by Crippen LogP contribution is 2.15. The van der Waals surface area contributed by atoms with Crippen molar-refractivity contribution in [2.75, 3.05) is 12.0 Å². The molecule has 0 saturated carbocycles. The second kappa shape index (κ2) is 7.09. The van der Waals surface area contributed by atoms with Crippen molar-refractivity contribution in [2.45, 2.75) is 12.3 Å². The molecule has 0 bridgehead atoms. The van der Waals surface area contributed by atoms with Gasteiger partial charge in [-0.15, -0.1) is 0 Å². The van der Waals surface area contributed by atoms with Gasteiger partial charge < -0.3 is 11.1 Å². The number of nitrogens with one attached hydrogen (secondary N) is 1. The number of hydrogen-bond acceptors (Lipinski definition) is 6. The van der Waals surface area contributed by atoms with E-state index >= 15 is 0 Å². The third-order valence-corrected chi connectivity index (χ3v) is 4.62. The molecule has 1 aromatic heterocycles. The fourth-order valence-electron chi connectivity index (χ4n) is 2.59. The number of nitrogens with two attached hydrogens (primary N) is 1. The normalized spacial score (nSPS) is 11.4. The largest absolute Gasteiger partial charge is 0.382 e. The average molecular weight is 370 g/mol. The first-order valence-electron chi connectivity index (χ1n) is 7.88. The zero-order valence-electron chi connectivity index (χ0n) is 14.1. The highest BCUT2D eigenvalue weighted by molar-refractivity contribution is 7.89. The van der Waals surface area contributed by atoms with Gasteiger partial charge in [0.25, 0.3) is 5.91 Å². The average Bonchev–Trinajstić information content (AvgIpc) is 2.59. The van der Waals surface area contributed by atoms with Gasteiger partial charge in [-0.2, -0.15) is 0 Å². The monoisotopic (exact) mass is 370 g/mol. The molecule has 0 fully saturated rings. The van der Waals surface area contributed by atoms with Crippen LogP contribution < -0.4 is 11.1 Å². The summed E-state index contributed by atoms with van der Waals surface area (Å²) in [4.78, 5) is 20.9. The first-order valence-corrected chi connectivity index (χ1v) is 9.94. The number of carbonyl (C=O) groups is 1. The van der Waals surface area contributed by atoms with Crippen LogP contribution in [0.3, 0.4) is 0 Å². The number of rotatable bonds is 5. The summed E-state index contributed by atoms with van der Waals surface area (Å²) in [5.41, 5.74) is 8.45. The lowest BCUT2D eigenvalue weighted by Gasteiger charge is -2.11. The van der Waals surface area contributed by atoms with Crippen LogP contribution in [0.2, 0.25) is 0 Å². The fraction of sp³-hybridized carbons (Fsp3) is 0.167. The number of nitrogens with zero attached hydrogens (tertiary/aromatic N) is 2. The van der Waals surface area contributed by atoms with E-state index in [2.05, 4.69) is 15.3 Å². The Kier molecular flexibility index (Phi) is 4.85. The number of hydrogen-bond donors (Lipinski definition) is 2. The number of benzene rings is 2. The van der Waals surface area contributed by atoms with Crippen LogP contribution in [0.4, 0.5) is 5.82 Å². The number of amides is 1. The van der Waals surface area contributed by atoms with Crippen molar-refractivity contribution in [3.8, 4) is 0 Å². The summed E-state index contributed by atoms with van der Waals surface area (Å²) in [5.74, 6) is -0.503. The number of aromatic nitrogens is 2. The minimum absolute atomic E-state index is 0.0456. The van der Waals surface area contributed by atoms with Crippen LogP contribution in [0.1, 0.15) is 21.6 Å². The number of para-hydroxylation sites is 2. The summed E-state index contributed by atoms with van der Waals surface area (Å²) in [6.45, 7) is 0.165. The molecule has 26 heavy (non-hydrogen) atoms. The maximum absolute atomic E-state index is 12.5. The van der Waals surface area contributed by atoms with E-state index in [-0.39, 0.29) is 23.8 Å². The van der Waals surface area contributed by atoms with E-state index in [1.165, 1.54) is 6.26 Å². The fourth-order valence-corrected chi connectivity index (χ4v) is 3.44. The molecule has 2 aromatic carbocycles. The Labute approximate surface area is 151 Å². The van der Waals surface area contributed by atoms with Crippen molar-refractivity contribution in [2.24, 2.45) is 0 Å². The van der Waals surface area contributed by atoms with E-state index in [1.54, 1.807) is 42.5 Å². The predicted molar refractivity (Wildman–Crippen MR) is 100 cm³/mol. The van der Waals surface area contributed by atoms with Crippen molar-refractivity contribution in [3.63, 3.8) is 0 Å². The standard InChI is InChI=1S/C18H18N4O3S/c1-26(24,25)11-13-7-3-2-6-12(13)10-20-18(23)16-17(19)22-15-9-5-4-8-14(15)21-16/h2-9H,10-11H2,1H3,(H2,19,22)(H,20,23). The summed E-state index contributed by atoms with van der Waals surface area (Å²) in [7, 11) is -3.18. The van der Waals surface area contributed by atoms with Crippen LogP contribution in [-0.4, -0.2) is 30.5 Å². The molecule has 0 saturated heterocycles. The lowest BCUT2D eigenvalue weighted by atomic mass is 10.1. The maximum Gasteiger partial charge on any atom is 0.274 e. The lowest BCUT2D eigenvalue weighted by molar-refractivity contribution is 0.0947. The van der Waals surface area contributed by atoms with Crippen LogP contribution in [0.15, 0.2) is 48.5 Å². The van der Waals surface area contributed by atoms with Crippen molar-refractivity contribution in [1.82, 2.24) is 15.3 Å². The molecule has 0 aliphatic carbocycles. The zero-order chi connectivity index (χ0) is 18.7. The number of anilines is 1. The third kappa shape index (κ3) is 4.15. The van der Waals surface area contributed by atoms with Gasteiger partial charge in [-0.3, -0.25) is 4.79 Å². The molecule has 1 heterocycles. The summed E-state index contributed by atoms with van der Waals surface area (Å²) < 4.78 is 23.1. The smallest absolute Gasteiger partial charge is 0.274 e. The van der Waals surface area contributed by atoms with Gasteiger partial charge in [0.15, 0.2) is 21.3 Å². The van der Waals surface area contributed by atoms with Gasteiger partial charge in [0, 0.05) is 12.8 Å². The predicted octanol–water partition coefficient (Wildman–Crippen LogP) is 1.69. The van der Waals surface area contributed by atoms with Gasteiger partial charge in [-0.1, -0.05) is 36.4 Å². The van der Waals surface area contributed by atoms with Gasteiger partial charge >= 0.3 is 0 Å². The highest BCUT2D eigenvalue weighted by atomic mass is 32.2. The van der Waals surface area contributed by atoms with Crippen molar-refractivity contribution in [3.05, 3.63) is 65.4 Å². The Balaban J connectivity index is 1.81. The molecule has 0 atom stereocenters. The van der Waals surface area contributed by atoms with Crippen LogP contribution in [0, 0.1) is 0 Å². The number of fused-ring (bicyclic) bond motifs is 1. The molecule has 7 nitrogen and oxygen atoms in total. The van der Waals surface area contributed by atoms with Crippen molar-refractivity contribution < 1.29 is 13.2 Å². The van der Waals surface area contributed by atoms with E-state index in [1.807, 2.05) is 6.07 Å². The quantitative estimate of drug-likeness (QED) is 0.706. The molecule has 1 amide bonds. The molecular formula is C18H18N4O3S. The maximum atomic E-state index is 12.5. The summed E-state index contributed by atoms with van der Waals surface area (Å²) in [6.07, 6.45) is 1.17. The van der Waals surface area contributed by atoms with Gasteiger partial charge in [0.05, 0.1) is 16.8 Å². The number of nitrogen functional groups attached to an aromatic ring is 1. The van der Waals surface area contributed by atoms with Crippen LogP contribution in [0.25, 0.3) is 11.0 Å². The van der Waals surface area contributed by atoms with Crippen molar-refractivity contribution in [1.29, 1.82) is 0 Å². The van der Waals surface area contributed by atoms with Crippen LogP contribution >= 0.6 is 0 Å². The number of carbonyl (C=O) groups excluding carboxylic acids is 1. The molecule has 3 rings (SSSR count). The molecule has 0 aliphatic heterocycles. The SMILES string of the molecule is CS(=O)(=O)Cc1ccccc1CNC(=O)c1nc2ccccc2nc1N. The summed E-state index contributed by atoms with van der Waals surface area (Å²) in [5, 5.41) is 2.73. The Bertz CT molecular complexity index is 1080. The highest BCUT2D eigenvalue weighted by Gasteiger charge is 2.15. The molecule has 0 spiro atoms. The molecule has 8 heteroatoms. The van der Waals surface area contributed by atoms with Gasteiger partial charge in [-0.25, -0.2) is 18.4 Å². The Hall–Kier alpha value is -3.00. The Morgan fingerprint density at radius 1 is 1.00 bits per heavy atom. The molecule has 0 aliphatic rings. The molecule has 3 N–H and O–H groups in total. The second-order valence-electron chi connectivity index (χ2n) is 5.97. The van der Waals surface area contributed by atoms with E-state index in [0.29, 0.717) is 16.6 Å². The topological polar surface area (TPSA) is 115 Å². The van der Waals surface area contributed by atoms with E-state index in [0.717, 1.165) is 5.56 Å². The first-order chi connectivity index (χ1) is 12.3. The minimum atomic E-state index is -3.18. The van der Waals surface area contributed by atoms with E-state index < -0.39 is 15.7 Å². The van der Waals surface area contributed by atoms with E-state index in [4.69, 9.17) is 5.73 Å². The van der Waals surface area contributed by atoms with Gasteiger partial charge in [0.1, 0.15) is 0 Å². The molecule has 0 radical (unpaired) electrons. The molecule has 134 valence electrons. The summed E-state index contributed by atoms with van der Waals surface area (Å²) in [6, 6.07) is 14.2. The Morgan fingerprint density at radius 2 is 1.58 bits per heavy atom. The van der Waals surface area contributed by atoms with Crippen LogP contribution in [-0.2, 0) is 22.1 Å². The molecule has 0 unspecified atom stereocenters. The zero-order valence-corrected chi connectivity index (χ0v) is 15.0. The second-order valence-corrected chi connectivity index (χ2v) is 8.11. The first kappa shape index (κ1) is 17.8.